The summed E-state index contributed by atoms with van der Waals surface area (Å²) in [5, 5.41) is 5.15. The fourth-order valence-corrected chi connectivity index (χ4v) is 2.77. The van der Waals surface area contributed by atoms with E-state index in [1.165, 1.54) is 12.3 Å². The lowest BCUT2D eigenvalue weighted by atomic mass is 9.96. The molecule has 0 unspecified atom stereocenters. The van der Waals surface area contributed by atoms with E-state index in [4.69, 9.17) is 5.14 Å². The summed E-state index contributed by atoms with van der Waals surface area (Å²) in [5.74, 6) is -0.201. The van der Waals surface area contributed by atoms with Crippen LogP contribution in [0.25, 0.3) is 0 Å². The van der Waals surface area contributed by atoms with E-state index in [-0.39, 0.29) is 16.2 Å². The molecule has 0 saturated carbocycles. The molecule has 0 fully saturated rings. The largest absolute Gasteiger partial charge is 0.342 e. The number of hydrogen-bond acceptors (Lipinski definition) is 3. The van der Waals surface area contributed by atoms with Crippen molar-refractivity contribution in [2.75, 3.05) is 13.6 Å². The highest BCUT2D eigenvalue weighted by molar-refractivity contribution is 7.89. The maximum Gasteiger partial charge on any atom is 0.270 e. The van der Waals surface area contributed by atoms with Gasteiger partial charge in [0.1, 0.15) is 10.6 Å². The van der Waals surface area contributed by atoms with Gasteiger partial charge in [-0.3, -0.25) is 4.79 Å². The lowest BCUT2D eigenvalue weighted by molar-refractivity contribution is 0.0734. The van der Waals surface area contributed by atoms with Crippen LogP contribution in [0, 0.1) is 5.41 Å². The molecule has 0 aliphatic carbocycles. The zero-order chi connectivity index (χ0) is 16.4. The van der Waals surface area contributed by atoms with E-state index < -0.39 is 10.0 Å². The molecule has 1 aromatic heterocycles. The Morgan fingerprint density at radius 3 is 2.38 bits per heavy atom. The topological polar surface area (TPSA) is 85.4 Å². The number of aromatic nitrogens is 1. The zero-order valence-corrected chi connectivity index (χ0v) is 14.2. The van der Waals surface area contributed by atoms with Crippen LogP contribution >= 0.6 is 0 Å². The molecule has 0 spiro atoms. The normalized spacial score (nSPS) is 12.5. The van der Waals surface area contributed by atoms with Crippen LogP contribution in [0.2, 0.25) is 0 Å². The highest BCUT2D eigenvalue weighted by Gasteiger charge is 2.23. The molecule has 1 amide bonds. The van der Waals surface area contributed by atoms with Crippen molar-refractivity contribution in [3.63, 3.8) is 0 Å². The van der Waals surface area contributed by atoms with Crippen LogP contribution in [-0.2, 0) is 16.6 Å². The SMILES string of the molecule is CCCn1cc(S(N)(=O)=O)cc1C(=O)N(C)CC(C)(C)C. The molecule has 0 aliphatic rings. The summed E-state index contributed by atoms with van der Waals surface area (Å²) in [4.78, 5) is 14.1. The Morgan fingerprint density at radius 1 is 1.38 bits per heavy atom. The molecule has 120 valence electrons. The number of aryl methyl sites for hydroxylation is 1. The minimum absolute atomic E-state index is 0.0246. The quantitative estimate of drug-likeness (QED) is 0.896. The van der Waals surface area contributed by atoms with Crippen LogP contribution in [0.1, 0.15) is 44.6 Å². The molecule has 0 saturated heterocycles. The number of hydrogen-bond donors (Lipinski definition) is 1. The molecule has 2 N–H and O–H groups in total. The summed E-state index contributed by atoms with van der Waals surface area (Å²) >= 11 is 0. The molecule has 0 atom stereocenters. The number of nitrogens with zero attached hydrogens (tertiary/aromatic N) is 2. The molecule has 0 aromatic carbocycles. The predicted octanol–water partition coefficient (Wildman–Crippen LogP) is 1.66. The Morgan fingerprint density at radius 2 is 1.95 bits per heavy atom. The number of carbonyl (C=O) groups excluding carboxylic acids is 1. The first-order chi connectivity index (χ1) is 9.45. The standard InChI is InChI=1S/C14H25N3O3S/c1-6-7-17-9-11(21(15,19)20)8-12(17)13(18)16(5)10-14(2,3)4/h8-9H,6-7,10H2,1-5H3,(H2,15,19,20). The molecule has 6 nitrogen and oxygen atoms in total. The van der Waals surface area contributed by atoms with Crippen LogP contribution in [-0.4, -0.2) is 37.4 Å². The molecule has 0 radical (unpaired) electrons. The van der Waals surface area contributed by atoms with Crippen LogP contribution in [0.3, 0.4) is 0 Å². The van der Waals surface area contributed by atoms with Crippen molar-refractivity contribution in [3.8, 4) is 0 Å². The van der Waals surface area contributed by atoms with Crippen molar-refractivity contribution in [1.29, 1.82) is 0 Å². The van der Waals surface area contributed by atoms with E-state index in [1.807, 2.05) is 27.7 Å². The summed E-state index contributed by atoms with van der Waals surface area (Å²) in [6, 6.07) is 1.35. The number of sulfonamides is 1. The van der Waals surface area contributed by atoms with Crippen LogP contribution in [0.5, 0.6) is 0 Å². The fourth-order valence-electron chi connectivity index (χ4n) is 2.22. The minimum Gasteiger partial charge on any atom is -0.342 e. The van der Waals surface area contributed by atoms with Gasteiger partial charge in [0.25, 0.3) is 5.91 Å². The second kappa shape index (κ2) is 6.19. The summed E-state index contributed by atoms with van der Waals surface area (Å²) < 4.78 is 24.6. The van der Waals surface area contributed by atoms with E-state index in [1.54, 1.807) is 16.5 Å². The highest BCUT2D eigenvalue weighted by Crippen LogP contribution is 2.19. The number of rotatable bonds is 5. The third-order valence-electron chi connectivity index (χ3n) is 2.94. The van der Waals surface area contributed by atoms with Gasteiger partial charge in [0, 0.05) is 26.3 Å². The van der Waals surface area contributed by atoms with Gasteiger partial charge < -0.3 is 9.47 Å². The number of amides is 1. The van der Waals surface area contributed by atoms with Gasteiger partial charge in [-0.05, 0) is 17.9 Å². The molecule has 1 aromatic rings. The van der Waals surface area contributed by atoms with E-state index in [0.29, 0.717) is 18.8 Å². The first kappa shape index (κ1) is 17.7. The second-order valence-corrected chi connectivity index (χ2v) is 8.08. The third-order valence-corrected chi connectivity index (χ3v) is 3.82. The smallest absolute Gasteiger partial charge is 0.270 e. The maximum atomic E-state index is 12.5. The Bertz CT molecular complexity index is 612. The van der Waals surface area contributed by atoms with Crippen molar-refractivity contribution < 1.29 is 13.2 Å². The van der Waals surface area contributed by atoms with E-state index in [0.717, 1.165) is 6.42 Å². The lowest BCUT2D eigenvalue weighted by Gasteiger charge is -2.26. The van der Waals surface area contributed by atoms with Crippen molar-refractivity contribution in [2.24, 2.45) is 10.6 Å². The van der Waals surface area contributed by atoms with Gasteiger partial charge in [0.2, 0.25) is 10.0 Å². The average Bonchev–Trinajstić information content (AvgIpc) is 2.70. The van der Waals surface area contributed by atoms with Gasteiger partial charge in [0.15, 0.2) is 0 Å². The van der Waals surface area contributed by atoms with E-state index in [9.17, 15) is 13.2 Å². The predicted molar refractivity (Wildman–Crippen MR) is 82.5 cm³/mol. The second-order valence-electron chi connectivity index (χ2n) is 6.52. The molecule has 1 rings (SSSR count). The van der Waals surface area contributed by atoms with Gasteiger partial charge in [-0.25, -0.2) is 13.6 Å². The van der Waals surface area contributed by atoms with Crippen molar-refractivity contribution in [2.45, 2.75) is 45.6 Å². The summed E-state index contributed by atoms with van der Waals surface area (Å²) in [7, 11) is -2.09. The van der Waals surface area contributed by atoms with Gasteiger partial charge in [0.05, 0.1) is 0 Å². The molecule has 7 heteroatoms. The number of nitrogens with two attached hydrogens (primary N) is 1. The molecule has 0 aliphatic heterocycles. The average molecular weight is 315 g/mol. The Labute approximate surface area is 127 Å². The molecular weight excluding hydrogens is 290 g/mol. The monoisotopic (exact) mass is 315 g/mol. The molecular formula is C14H25N3O3S. The molecule has 1 heterocycles. The van der Waals surface area contributed by atoms with Crippen molar-refractivity contribution >= 4 is 15.9 Å². The molecule has 21 heavy (non-hydrogen) atoms. The lowest BCUT2D eigenvalue weighted by Crippen LogP contribution is -2.35. The minimum atomic E-state index is -3.81. The maximum absolute atomic E-state index is 12.5. The number of carbonyl (C=O) groups is 1. The van der Waals surface area contributed by atoms with Gasteiger partial charge in [-0.1, -0.05) is 27.7 Å². The Kier molecular flexibility index (Phi) is 5.22. The summed E-state index contributed by atoms with van der Waals surface area (Å²) in [6.07, 6.45) is 2.22. The van der Waals surface area contributed by atoms with E-state index in [2.05, 4.69) is 0 Å². The van der Waals surface area contributed by atoms with Gasteiger partial charge in [-0.15, -0.1) is 0 Å². The van der Waals surface area contributed by atoms with Crippen molar-refractivity contribution in [1.82, 2.24) is 9.47 Å². The Balaban J connectivity index is 3.16. The number of primary sulfonamides is 1. The first-order valence-corrected chi connectivity index (χ1v) is 8.49. The summed E-state index contributed by atoms with van der Waals surface area (Å²) in [5.41, 5.74) is 0.322. The van der Waals surface area contributed by atoms with Crippen LogP contribution < -0.4 is 5.14 Å². The van der Waals surface area contributed by atoms with Crippen LogP contribution in [0.4, 0.5) is 0 Å². The summed E-state index contributed by atoms with van der Waals surface area (Å²) in [6.45, 7) is 9.23. The van der Waals surface area contributed by atoms with Crippen LogP contribution in [0.15, 0.2) is 17.2 Å². The fraction of sp³-hybridized carbons (Fsp3) is 0.643. The Hall–Kier alpha value is -1.34. The zero-order valence-electron chi connectivity index (χ0n) is 13.4. The third kappa shape index (κ3) is 4.86. The first-order valence-electron chi connectivity index (χ1n) is 6.94. The molecule has 0 bridgehead atoms. The van der Waals surface area contributed by atoms with Gasteiger partial charge in [-0.2, -0.15) is 0 Å². The highest BCUT2D eigenvalue weighted by atomic mass is 32.2. The van der Waals surface area contributed by atoms with Crippen molar-refractivity contribution in [3.05, 3.63) is 18.0 Å². The van der Waals surface area contributed by atoms with Gasteiger partial charge >= 0.3 is 0 Å². The van der Waals surface area contributed by atoms with E-state index >= 15 is 0 Å².